The highest BCUT2D eigenvalue weighted by atomic mass is 35.5. The molecule has 0 saturated carbocycles. The molecule has 4 N–H and O–H groups in total. The molecule has 0 bridgehead atoms. The smallest absolute Gasteiger partial charge is 0.344 e. The SMILES string of the molecule is Cc1ccc(Cl)[n+](-c2ccc(C(O)(O)F)c(C(O)(O)F)c2)c1.[Cl-]. The fourth-order valence-electron chi connectivity index (χ4n) is 2.01. The number of hydrogen-bond acceptors (Lipinski definition) is 4. The molecular formula is C14H13Cl2F2NO4. The van der Waals surface area contributed by atoms with E-state index in [0.29, 0.717) is 0 Å². The van der Waals surface area contributed by atoms with Gasteiger partial charge in [-0.1, -0.05) is 0 Å². The van der Waals surface area contributed by atoms with Gasteiger partial charge in [0.1, 0.15) is 0 Å². The van der Waals surface area contributed by atoms with Gasteiger partial charge in [0.2, 0.25) is 5.69 Å². The third-order valence-electron chi connectivity index (χ3n) is 3.01. The minimum absolute atomic E-state index is 0. The van der Waals surface area contributed by atoms with Crippen LogP contribution < -0.4 is 17.0 Å². The molecule has 9 heteroatoms. The van der Waals surface area contributed by atoms with Crippen molar-refractivity contribution in [1.29, 1.82) is 0 Å². The number of aliphatic hydroxyl groups is 4. The number of nitrogens with zero attached hydrogens (tertiary/aromatic N) is 1. The van der Waals surface area contributed by atoms with Crippen molar-refractivity contribution < 1.29 is 46.2 Å². The van der Waals surface area contributed by atoms with E-state index in [-0.39, 0.29) is 23.2 Å². The molecule has 0 unspecified atom stereocenters. The molecule has 0 aliphatic carbocycles. The molecule has 1 aromatic heterocycles. The number of alkyl halides is 2. The lowest BCUT2D eigenvalue weighted by Crippen LogP contribution is -3.00. The Morgan fingerprint density at radius 2 is 1.52 bits per heavy atom. The van der Waals surface area contributed by atoms with Crippen molar-refractivity contribution in [3.05, 3.63) is 58.4 Å². The van der Waals surface area contributed by atoms with Crippen LogP contribution in [-0.4, -0.2) is 20.4 Å². The first-order valence-electron chi connectivity index (χ1n) is 6.10. The molecule has 0 atom stereocenters. The van der Waals surface area contributed by atoms with Crippen molar-refractivity contribution >= 4 is 11.6 Å². The average Bonchev–Trinajstić information content (AvgIpc) is 2.39. The predicted molar refractivity (Wildman–Crippen MR) is 72.2 cm³/mol. The molecule has 5 nitrogen and oxygen atoms in total. The van der Waals surface area contributed by atoms with Gasteiger partial charge < -0.3 is 32.8 Å². The maximum Gasteiger partial charge on any atom is 0.344 e. The lowest BCUT2D eigenvalue weighted by atomic mass is 10.0. The predicted octanol–water partition coefficient (Wildman–Crippen LogP) is -1.94. The summed E-state index contributed by atoms with van der Waals surface area (Å²) in [7, 11) is 0. The average molecular weight is 368 g/mol. The zero-order valence-corrected chi connectivity index (χ0v) is 13.2. The lowest BCUT2D eigenvalue weighted by molar-refractivity contribution is -0.593. The van der Waals surface area contributed by atoms with Crippen molar-refractivity contribution in [1.82, 2.24) is 0 Å². The van der Waals surface area contributed by atoms with Crippen LogP contribution in [0, 0.1) is 6.92 Å². The van der Waals surface area contributed by atoms with Gasteiger partial charge in [0.25, 0.3) is 5.15 Å². The van der Waals surface area contributed by atoms with Crippen molar-refractivity contribution in [3.8, 4) is 5.69 Å². The molecule has 0 amide bonds. The van der Waals surface area contributed by atoms with E-state index >= 15 is 0 Å². The molecule has 0 aliphatic rings. The quantitative estimate of drug-likeness (QED) is 0.289. The maximum atomic E-state index is 13.5. The molecule has 0 radical (unpaired) electrons. The Morgan fingerprint density at radius 3 is 2.04 bits per heavy atom. The van der Waals surface area contributed by atoms with Crippen LogP contribution >= 0.6 is 11.6 Å². The van der Waals surface area contributed by atoms with Gasteiger partial charge >= 0.3 is 12.1 Å². The second kappa shape index (κ2) is 6.64. The Hall–Kier alpha value is -1.35. The summed E-state index contributed by atoms with van der Waals surface area (Å²) >= 11 is 6.00. The van der Waals surface area contributed by atoms with E-state index < -0.39 is 23.2 Å². The van der Waals surface area contributed by atoms with Crippen molar-refractivity contribution in [2.75, 3.05) is 0 Å². The molecule has 2 rings (SSSR count). The number of hydrogen-bond donors (Lipinski definition) is 4. The Labute approximate surface area is 141 Å². The molecule has 0 fully saturated rings. The van der Waals surface area contributed by atoms with Crippen LogP contribution in [0.3, 0.4) is 0 Å². The van der Waals surface area contributed by atoms with Crippen LogP contribution in [0.1, 0.15) is 16.7 Å². The van der Waals surface area contributed by atoms with E-state index in [1.54, 1.807) is 25.3 Å². The second-order valence-electron chi connectivity index (χ2n) is 4.80. The van der Waals surface area contributed by atoms with Gasteiger partial charge in [-0.2, -0.15) is 13.3 Å². The van der Waals surface area contributed by atoms with Crippen LogP contribution in [0.4, 0.5) is 8.78 Å². The number of aryl methyl sites for hydroxylation is 1. The summed E-state index contributed by atoms with van der Waals surface area (Å²) in [6.07, 6.45) is 1.58. The Morgan fingerprint density at radius 1 is 0.957 bits per heavy atom. The Bertz CT molecular complexity index is 715. The summed E-state index contributed by atoms with van der Waals surface area (Å²) in [4.78, 5) is 0. The summed E-state index contributed by atoms with van der Waals surface area (Å²) in [6, 6.07) is -1.74. The summed E-state index contributed by atoms with van der Waals surface area (Å²) in [6.45, 7) is 1.77. The first kappa shape index (κ1) is 19.7. The van der Waals surface area contributed by atoms with Crippen LogP contribution in [0.2, 0.25) is 5.15 Å². The van der Waals surface area contributed by atoms with Crippen LogP contribution in [0.5, 0.6) is 0 Å². The third-order valence-corrected chi connectivity index (χ3v) is 3.32. The normalized spacial score (nSPS) is 12.0. The first-order valence-corrected chi connectivity index (χ1v) is 6.48. The highest BCUT2D eigenvalue weighted by Gasteiger charge is 2.38. The zero-order valence-electron chi connectivity index (χ0n) is 11.7. The monoisotopic (exact) mass is 367 g/mol. The highest BCUT2D eigenvalue weighted by Crippen LogP contribution is 2.32. The molecule has 1 heterocycles. The molecule has 126 valence electrons. The molecule has 23 heavy (non-hydrogen) atoms. The largest absolute Gasteiger partial charge is 1.00 e. The maximum absolute atomic E-state index is 13.5. The molecule has 2 aromatic rings. The minimum atomic E-state index is -3.97. The van der Waals surface area contributed by atoms with Crippen LogP contribution in [0.25, 0.3) is 5.69 Å². The van der Waals surface area contributed by atoms with E-state index in [0.717, 1.165) is 17.7 Å². The topological polar surface area (TPSA) is 84.8 Å². The van der Waals surface area contributed by atoms with Crippen molar-refractivity contribution in [2.45, 2.75) is 19.0 Å². The van der Waals surface area contributed by atoms with E-state index in [9.17, 15) is 8.78 Å². The fraction of sp³-hybridized carbons (Fsp3) is 0.214. The Balaban J connectivity index is 0.00000264. The van der Waals surface area contributed by atoms with Crippen LogP contribution in [0.15, 0.2) is 36.5 Å². The number of aromatic nitrogens is 1. The van der Waals surface area contributed by atoms with Gasteiger partial charge in [-0.05, 0) is 30.7 Å². The lowest BCUT2D eigenvalue weighted by Gasteiger charge is -2.20. The van der Waals surface area contributed by atoms with Crippen molar-refractivity contribution in [2.24, 2.45) is 0 Å². The number of halogens is 4. The summed E-state index contributed by atoms with van der Waals surface area (Å²) in [5.74, 6) is 0. The molecule has 0 aliphatic heterocycles. The summed E-state index contributed by atoms with van der Waals surface area (Å²) < 4.78 is 28.1. The third kappa shape index (κ3) is 4.35. The van der Waals surface area contributed by atoms with E-state index in [1.807, 2.05) is 0 Å². The van der Waals surface area contributed by atoms with Gasteiger partial charge in [-0.25, -0.2) is 0 Å². The van der Waals surface area contributed by atoms with E-state index in [2.05, 4.69) is 0 Å². The van der Waals surface area contributed by atoms with Gasteiger partial charge in [-0.3, -0.25) is 0 Å². The fourth-order valence-corrected chi connectivity index (χ4v) is 2.22. The van der Waals surface area contributed by atoms with Crippen LogP contribution in [-0.2, 0) is 12.1 Å². The molecule has 0 spiro atoms. The molecule has 1 aromatic carbocycles. The van der Waals surface area contributed by atoms with E-state index in [1.165, 1.54) is 10.6 Å². The number of pyridine rings is 1. The van der Waals surface area contributed by atoms with E-state index in [4.69, 9.17) is 32.0 Å². The number of benzene rings is 1. The van der Waals surface area contributed by atoms with Gasteiger partial charge in [-0.15, -0.1) is 0 Å². The molecular weight excluding hydrogens is 355 g/mol. The highest BCUT2D eigenvalue weighted by molar-refractivity contribution is 6.28. The summed E-state index contributed by atoms with van der Waals surface area (Å²) in [5.41, 5.74) is -1.11. The molecule has 0 saturated heterocycles. The van der Waals surface area contributed by atoms with Gasteiger partial charge in [0, 0.05) is 23.8 Å². The number of rotatable bonds is 3. The van der Waals surface area contributed by atoms with Gasteiger partial charge in [0.05, 0.1) is 11.1 Å². The first-order chi connectivity index (χ1) is 10.00. The minimum Gasteiger partial charge on any atom is -1.00 e. The zero-order chi connectivity index (χ0) is 16.7. The second-order valence-corrected chi connectivity index (χ2v) is 5.19. The van der Waals surface area contributed by atoms with Gasteiger partial charge in [0.15, 0.2) is 6.20 Å². The standard InChI is InChI=1S/C14H13ClF2NO4.ClH/c1-8-2-5-12(15)18(7-8)9-3-4-10(13(16,19)20)11(6-9)14(17,21)22;/h2-7,19-22H,1H3;1H/q+1;/p-1. The Kier molecular flexibility index (Phi) is 5.69. The van der Waals surface area contributed by atoms with Crippen molar-refractivity contribution in [3.63, 3.8) is 0 Å². The summed E-state index contributed by atoms with van der Waals surface area (Å²) in [5, 5.41) is 36.3.